The number of rotatable bonds is 3. The molecule has 1 aromatic heterocycles. The molecule has 0 saturated heterocycles. The molecule has 0 unspecified atom stereocenters. The quantitative estimate of drug-likeness (QED) is 0.418. The Morgan fingerprint density at radius 2 is 1.79 bits per heavy atom. The summed E-state index contributed by atoms with van der Waals surface area (Å²) < 4.78 is 0. The molecule has 0 atom stereocenters. The summed E-state index contributed by atoms with van der Waals surface area (Å²) in [5.74, 6) is -0.729. The van der Waals surface area contributed by atoms with Crippen LogP contribution in [-0.2, 0) is 10.8 Å². The summed E-state index contributed by atoms with van der Waals surface area (Å²) in [6.07, 6.45) is 0.733. The lowest BCUT2D eigenvalue weighted by molar-refractivity contribution is -0.386. The minimum atomic E-state index is -0.917. The Morgan fingerprint density at radius 3 is 2.36 bits per heavy atom. The van der Waals surface area contributed by atoms with E-state index in [2.05, 4.69) is 10.2 Å². The Labute approximate surface area is 159 Å². The third-order valence-electron chi connectivity index (χ3n) is 5.16. The van der Waals surface area contributed by atoms with E-state index in [1.54, 1.807) is 13.0 Å². The van der Waals surface area contributed by atoms with Crippen molar-refractivity contribution in [3.05, 3.63) is 53.7 Å². The number of aromatic hydroxyl groups is 1. The van der Waals surface area contributed by atoms with Crippen molar-refractivity contribution in [2.24, 2.45) is 10.2 Å². The van der Waals surface area contributed by atoms with E-state index in [4.69, 9.17) is 0 Å². The van der Waals surface area contributed by atoms with E-state index in [9.17, 15) is 24.8 Å². The minimum absolute atomic E-state index is 0.0124. The van der Waals surface area contributed by atoms with Crippen molar-refractivity contribution in [3.8, 4) is 5.88 Å². The third kappa shape index (κ3) is 3.00. The maximum atomic E-state index is 11.9. The maximum absolute atomic E-state index is 11.9. The number of nitrogens with one attached hydrogen (secondary N) is 2. The van der Waals surface area contributed by atoms with Gasteiger partial charge in [-0.05, 0) is 35.8 Å². The lowest BCUT2D eigenvalue weighted by Gasteiger charge is -2.22. The number of nitro benzene ring substituents is 1. The van der Waals surface area contributed by atoms with E-state index in [0.29, 0.717) is 11.1 Å². The van der Waals surface area contributed by atoms with Crippen LogP contribution in [0.15, 0.2) is 25.9 Å². The summed E-state index contributed by atoms with van der Waals surface area (Å²) in [5, 5.41) is 29.3. The summed E-state index contributed by atoms with van der Waals surface area (Å²) in [6, 6.07) is 1.74. The average molecular weight is 387 g/mol. The molecular weight excluding hydrogens is 366 g/mol. The highest BCUT2D eigenvalue weighted by molar-refractivity contribution is 5.68. The van der Waals surface area contributed by atoms with E-state index in [1.807, 2.05) is 37.7 Å². The van der Waals surface area contributed by atoms with Gasteiger partial charge in [0.25, 0.3) is 11.2 Å². The fourth-order valence-corrected chi connectivity index (χ4v) is 4.26. The number of aromatic amines is 2. The van der Waals surface area contributed by atoms with Gasteiger partial charge >= 0.3 is 5.69 Å². The first-order chi connectivity index (χ1) is 12.8. The van der Waals surface area contributed by atoms with Crippen molar-refractivity contribution < 1.29 is 10.0 Å². The molecule has 3 rings (SSSR count). The van der Waals surface area contributed by atoms with Gasteiger partial charge in [0.1, 0.15) is 0 Å². The van der Waals surface area contributed by atoms with Gasteiger partial charge < -0.3 is 5.11 Å². The van der Waals surface area contributed by atoms with Crippen LogP contribution in [0.1, 0.15) is 50.8 Å². The molecule has 0 fully saturated rings. The van der Waals surface area contributed by atoms with Crippen molar-refractivity contribution in [1.29, 1.82) is 0 Å². The van der Waals surface area contributed by atoms with Gasteiger partial charge in [-0.2, -0.15) is 0 Å². The monoisotopic (exact) mass is 387 g/mol. The van der Waals surface area contributed by atoms with Crippen LogP contribution in [0.3, 0.4) is 0 Å². The average Bonchev–Trinajstić information content (AvgIpc) is 2.70. The van der Waals surface area contributed by atoms with E-state index >= 15 is 0 Å². The molecule has 1 heterocycles. The molecule has 0 aliphatic heterocycles. The number of hydrogen-bond donors (Lipinski definition) is 3. The fraction of sp³-hybridized carbons (Fsp3) is 0.444. The van der Waals surface area contributed by atoms with Gasteiger partial charge in [-0.1, -0.05) is 27.7 Å². The summed E-state index contributed by atoms with van der Waals surface area (Å²) in [5.41, 5.74) is -0.945. The van der Waals surface area contributed by atoms with Crippen LogP contribution in [0.2, 0.25) is 0 Å². The second-order valence-electron chi connectivity index (χ2n) is 8.30. The first-order valence-corrected chi connectivity index (χ1v) is 8.65. The highest BCUT2D eigenvalue weighted by Crippen LogP contribution is 2.55. The summed E-state index contributed by atoms with van der Waals surface area (Å²) in [4.78, 5) is 38.4. The first kappa shape index (κ1) is 19.5. The SMILES string of the molecule is Cc1c(N=Nc2c(O)[nH]c(=O)[nH]c2=O)cc2c(c1[N+](=O)[O-])C(C)(C)CC2(C)C. The Bertz CT molecular complexity index is 1140. The molecule has 2 aromatic rings. The zero-order valence-electron chi connectivity index (χ0n) is 16.2. The van der Waals surface area contributed by atoms with Crippen molar-refractivity contribution in [1.82, 2.24) is 9.97 Å². The minimum Gasteiger partial charge on any atom is -0.493 e. The van der Waals surface area contributed by atoms with Crippen molar-refractivity contribution in [2.75, 3.05) is 0 Å². The Hall–Kier alpha value is -3.30. The molecule has 0 spiro atoms. The van der Waals surface area contributed by atoms with Gasteiger partial charge in [0, 0.05) is 5.56 Å². The second kappa shape index (κ2) is 6.11. The molecule has 0 saturated carbocycles. The predicted octanol–water partition coefficient (Wildman–Crippen LogP) is 3.36. The standard InChI is InChI=1S/C18H21N5O5/c1-8-10(21-22-12-14(24)19-16(26)20-15(12)25)6-9-11(13(8)23(27)28)18(4,5)7-17(9,2)3/h6H,7H2,1-5H3,(H3,19,20,24,25,26). The molecule has 3 N–H and O–H groups in total. The predicted molar refractivity (Wildman–Crippen MR) is 102 cm³/mol. The van der Waals surface area contributed by atoms with E-state index < -0.39 is 27.7 Å². The number of H-pyrrole nitrogens is 2. The molecule has 1 aliphatic rings. The van der Waals surface area contributed by atoms with Crippen LogP contribution in [0.25, 0.3) is 0 Å². The van der Waals surface area contributed by atoms with Gasteiger partial charge in [-0.3, -0.25) is 24.9 Å². The number of azo groups is 1. The molecule has 0 amide bonds. The van der Waals surface area contributed by atoms with Gasteiger partial charge in [-0.15, -0.1) is 10.2 Å². The van der Waals surface area contributed by atoms with E-state index in [0.717, 1.165) is 12.0 Å². The highest BCUT2D eigenvalue weighted by Gasteiger charge is 2.47. The van der Waals surface area contributed by atoms with Gasteiger partial charge in [-0.25, -0.2) is 4.79 Å². The molecule has 1 aliphatic carbocycles. The van der Waals surface area contributed by atoms with Gasteiger partial charge in [0.15, 0.2) is 0 Å². The Morgan fingerprint density at radius 1 is 1.14 bits per heavy atom. The maximum Gasteiger partial charge on any atom is 0.328 e. The van der Waals surface area contributed by atoms with Crippen LogP contribution in [-0.4, -0.2) is 20.0 Å². The summed E-state index contributed by atoms with van der Waals surface area (Å²) in [7, 11) is 0. The summed E-state index contributed by atoms with van der Waals surface area (Å²) in [6.45, 7) is 9.56. The highest BCUT2D eigenvalue weighted by atomic mass is 16.6. The van der Waals surface area contributed by atoms with Crippen molar-refractivity contribution in [3.63, 3.8) is 0 Å². The van der Waals surface area contributed by atoms with Gasteiger partial charge in [0.05, 0.1) is 16.2 Å². The largest absolute Gasteiger partial charge is 0.493 e. The van der Waals surface area contributed by atoms with Crippen LogP contribution in [0.4, 0.5) is 17.1 Å². The number of fused-ring (bicyclic) bond motifs is 1. The molecule has 10 nitrogen and oxygen atoms in total. The van der Waals surface area contributed by atoms with Crippen LogP contribution in [0.5, 0.6) is 5.88 Å². The zero-order chi connectivity index (χ0) is 21.0. The van der Waals surface area contributed by atoms with Crippen LogP contribution >= 0.6 is 0 Å². The third-order valence-corrected chi connectivity index (χ3v) is 5.16. The van der Waals surface area contributed by atoms with Crippen LogP contribution < -0.4 is 11.2 Å². The second-order valence-corrected chi connectivity index (χ2v) is 8.30. The molecule has 1 aromatic carbocycles. The van der Waals surface area contributed by atoms with E-state index in [-0.39, 0.29) is 22.2 Å². The zero-order valence-corrected chi connectivity index (χ0v) is 16.2. The van der Waals surface area contributed by atoms with E-state index in [1.165, 1.54) is 0 Å². The van der Waals surface area contributed by atoms with Crippen molar-refractivity contribution in [2.45, 2.75) is 51.9 Å². The summed E-state index contributed by atoms with van der Waals surface area (Å²) >= 11 is 0. The first-order valence-electron chi connectivity index (χ1n) is 8.65. The molecule has 0 radical (unpaired) electrons. The number of nitrogens with zero attached hydrogens (tertiary/aromatic N) is 3. The smallest absolute Gasteiger partial charge is 0.328 e. The number of benzene rings is 1. The lowest BCUT2D eigenvalue weighted by atomic mass is 9.81. The number of hydrogen-bond acceptors (Lipinski definition) is 7. The molecule has 28 heavy (non-hydrogen) atoms. The fourth-order valence-electron chi connectivity index (χ4n) is 4.26. The topological polar surface area (TPSA) is 154 Å². The Balaban J connectivity index is 2.25. The Kier molecular flexibility index (Phi) is 4.25. The molecule has 0 bridgehead atoms. The lowest BCUT2D eigenvalue weighted by Crippen LogP contribution is -2.20. The van der Waals surface area contributed by atoms with Gasteiger partial charge in [0.2, 0.25) is 11.6 Å². The van der Waals surface area contributed by atoms with Crippen molar-refractivity contribution >= 4 is 17.1 Å². The molecular formula is C18H21N5O5. The molecule has 10 heteroatoms. The normalized spacial score (nSPS) is 17.0. The van der Waals surface area contributed by atoms with Crippen LogP contribution in [0, 0.1) is 17.0 Å². The number of nitro groups is 1. The molecule has 148 valence electrons. The number of aromatic nitrogens is 2.